The second-order valence-corrected chi connectivity index (χ2v) is 4.90. The lowest BCUT2D eigenvalue weighted by atomic mass is 9.96. The van der Waals surface area contributed by atoms with Crippen molar-refractivity contribution in [2.24, 2.45) is 5.92 Å². The molecule has 0 saturated heterocycles. The number of halogens is 2. The van der Waals surface area contributed by atoms with Gasteiger partial charge in [0.15, 0.2) is 5.78 Å². The van der Waals surface area contributed by atoms with E-state index in [1.54, 1.807) is 24.9 Å². The van der Waals surface area contributed by atoms with Gasteiger partial charge in [-0.15, -0.1) is 12.4 Å². The number of nitrogens with one attached hydrogen (secondary N) is 1. The van der Waals surface area contributed by atoms with Gasteiger partial charge in [0.25, 0.3) is 0 Å². The van der Waals surface area contributed by atoms with Crippen LogP contribution < -0.4 is 5.32 Å². The minimum atomic E-state index is -0.457. The number of hydrogen-bond acceptors (Lipinski definition) is 3. The summed E-state index contributed by atoms with van der Waals surface area (Å²) in [5, 5.41) is 2.96. The Morgan fingerprint density at radius 2 is 2.05 bits per heavy atom. The molecule has 0 bridgehead atoms. The van der Waals surface area contributed by atoms with E-state index in [0.717, 1.165) is 0 Å². The van der Waals surface area contributed by atoms with Crippen LogP contribution in [0.2, 0.25) is 0 Å². The van der Waals surface area contributed by atoms with Crippen molar-refractivity contribution < 1.29 is 14.0 Å². The zero-order valence-electron chi connectivity index (χ0n) is 12.6. The third-order valence-corrected chi connectivity index (χ3v) is 3.16. The molecule has 1 amide bonds. The quantitative estimate of drug-likeness (QED) is 0.784. The molecule has 6 heteroatoms. The van der Waals surface area contributed by atoms with Gasteiger partial charge in [-0.3, -0.25) is 9.59 Å². The number of ketones is 1. The van der Waals surface area contributed by atoms with Crippen LogP contribution in [0.5, 0.6) is 0 Å². The molecule has 1 atom stereocenters. The number of hydrogen-bond donors (Lipinski definition) is 1. The summed E-state index contributed by atoms with van der Waals surface area (Å²) < 4.78 is 13.1. The summed E-state index contributed by atoms with van der Waals surface area (Å²) in [6, 6.07) is 5.55. The van der Waals surface area contributed by atoms with E-state index in [9.17, 15) is 14.0 Å². The molecule has 0 radical (unpaired) electrons. The molecule has 1 aromatic rings. The van der Waals surface area contributed by atoms with Crippen molar-refractivity contribution in [3.63, 3.8) is 0 Å². The molecule has 0 aromatic heterocycles. The standard InChI is InChI=1S/C15H21FN2O2.ClH/c1-11(9-14(19)18(3)8-7-17-2)15(20)12-5-4-6-13(16)10-12;/h4-6,10-11,17H,7-9H2,1-3H3;1H. The molecule has 21 heavy (non-hydrogen) atoms. The first-order valence-corrected chi connectivity index (χ1v) is 6.64. The third kappa shape index (κ3) is 6.23. The second kappa shape index (κ2) is 9.47. The van der Waals surface area contributed by atoms with E-state index < -0.39 is 11.7 Å². The number of Topliss-reactive ketones (excluding diaryl/α,β-unsaturated/α-hetero) is 1. The van der Waals surface area contributed by atoms with Gasteiger partial charge in [0.1, 0.15) is 5.82 Å². The largest absolute Gasteiger partial charge is 0.344 e. The fourth-order valence-corrected chi connectivity index (χ4v) is 1.84. The van der Waals surface area contributed by atoms with Crippen molar-refractivity contribution in [2.45, 2.75) is 13.3 Å². The molecule has 1 rings (SSSR count). The van der Waals surface area contributed by atoms with Gasteiger partial charge in [-0.1, -0.05) is 19.1 Å². The van der Waals surface area contributed by atoms with Gasteiger partial charge in [0.05, 0.1) is 0 Å². The maximum atomic E-state index is 13.1. The second-order valence-electron chi connectivity index (χ2n) is 4.90. The summed E-state index contributed by atoms with van der Waals surface area (Å²) in [5.74, 6) is -1.20. The fraction of sp³-hybridized carbons (Fsp3) is 0.467. The normalized spacial score (nSPS) is 11.4. The highest BCUT2D eigenvalue weighted by Gasteiger charge is 2.20. The van der Waals surface area contributed by atoms with Crippen molar-refractivity contribution in [3.05, 3.63) is 35.6 Å². The Balaban J connectivity index is 0.00000400. The van der Waals surface area contributed by atoms with Crippen molar-refractivity contribution in [1.29, 1.82) is 0 Å². The number of benzene rings is 1. The lowest BCUT2D eigenvalue weighted by molar-refractivity contribution is -0.130. The monoisotopic (exact) mass is 316 g/mol. The van der Waals surface area contributed by atoms with E-state index in [1.165, 1.54) is 18.2 Å². The van der Waals surface area contributed by atoms with Crippen molar-refractivity contribution in [3.8, 4) is 0 Å². The summed E-state index contributed by atoms with van der Waals surface area (Å²) in [7, 11) is 3.52. The Hall–Kier alpha value is -1.46. The van der Waals surface area contributed by atoms with Crippen LogP contribution in [-0.4, -0.2) is 43.8 Å². The maximum absolute atomic E-state index is 13.1. The molecule has 0 aliphatic rings. The van der Waals surface area contributed by atoms with Crippen LogP contribution in [-0.2, 0) is 4.79 Å². The Bertz CT molecular complexity index is 482. The molecular weight excluding hydrogens is 295 g/mol. The van der Waals surface area contributed by atoms with Gasteiger partial charge < -0.3 is 10.2 Å². The van der Waals surface area contributed by atoms with Gasteiger partial charge in [-0.2, -0.15) is 0 Å². The predicted octanol–water partition coefficient (Wildman–Crippen LogP) is 2.13. The minimum absolute atomic E-state index is 0. The van der Waals surface area contributed by atoms with Crippen LogP contribution in [0.4, 0.5) is 4.39 Å². The van der Waals surface area contributed by atoms with Gasteiger partial charge in [0.2, 0.25) is 5.91 Å². The van der Waals surface area contributed by atoms with Crippen molar-refractivity contribution in [2.75, 3.05) is 27.2 Å². The molecule has 1 aromatic carbocycles. The lowest BCUT2D eigenvalue weighted by Gasteiger charge is -2.19. The first-order valence-electron chi connectivity index (χ1n) is 6.64. The predicted molar refractivity (Wildman–Crippen MR) is 83.3 cm³/mol. The number of nitrogens with zero attached hydrogens (tertiary/aromatic N) is 1. The van der Waals surface area contributed by atoms with Gasteiger partial charge >= 0.3 is 0 Å². The molecule has 0 aliphatic heterocycles. The first kappa shape index (κ1) is 19.5. The average Bonchev–Trinajstić information content (AvgIpc) is 2.43. The Morgan fingerprint density at radius 1 is 1.38 bits per heavy atom. The lowest BCUT2D eigenvalue weighted by Crippen LogP contribution is -2.34. The third-order valence-electron chi connectivity index (χ3n) is 3.16. The highest BCUT2D eigenvalue weighted by molar-refractivity contribution is 5.99. The zero-order valence-corrected chi connectivity index (χ0v) is 13.4. The minimum Gasteiger partial charge on any atom is -0.344 e. The van der Waals surface area contributed by atoms with Crippen LogP contribution >= 0.6 is 12.4 Å². The molecule has 1 unspecified atom stereocenters. The fourth-order valence-electron chi connectivity index (χ4n) is 1.84. The zero-order chi connectivity index (χ0) is 15.1. The van der Waals surface area contributed by atoms with Crippen LogP contribution in [0.25, 0.3) is 0 Å². The Kier molecular flexibility index (Phi) is 8.81. The summed E-state index contributed by atoms with van der Waals surface area (Å²) in [4.78, 5) is 25.6. The molecule has 0 heterocycles. The highest BCUT2D eigenvalue weighted by atomic mass is 35.5. The number of amides is 1. The van der Waals surface area contributed by atoms with E-state index in [1.807, 2.05) is 7.05 Å². The molecular formula is C15H22ClFN2O2. The molecule has 118 valence electrons. The van der Waals surface area contributed by atoms with E-state index in [-0.39, 0.29) is 30.5 Å². The summed E-state index contributed by atoms with van der Waals surface area (Å²) in [6.45, 7) is 2.99. The Labute approximate surface area is 131 Å². The molecule has 0 spiro atoms. The van der Waals surface area contributed by atoms with E-state index in [0.29, 0.717) is 18.7 Å². The van der Waals surface area contributed by atoms with E-state index >= 15 is 0 Å². The first-order chi connectivity index (χ1) is 9.45. The van der Waals surface area contributed by atoms with Crippen LogP contribution in [0.15, 0.2) is 24.3 Å². The smallest absolute Gasteiger partial charge is 0.223 e. The average molecular weight is 317 g/mol. The van der Waals surface area contributed by atoms with E-state index in [2.05, 4.69) is 5.32 Å². The Morgan fingerprint density at radius 3 is 2.62 bits per heavy atom. The summed E-state index contributed by atoms with van der Waals surface area (Å²) in [5.41, 5.74) is 0.308. The number of carbonyl (C=O) groups excluding carboxylic acids is 2. The molecule has 1 N–H and O–H groups in total. The maximum Gasteiger partial charge on any atom is 0.223 e. The van der Waals surface area contributed by atoms with Gasteiger partial charge in [-0.25, -0.2) is 4.39 Å². The van der Waals surface area contributed by atoms with Crippen LogP contribution in [0, 0.1) is 11.7 Å². The van der Waals surface area contributed by atoms with E-state index in [4.69, 9.17) is 0 Å². The SMILES string of the molecule is CNCCN(C)C(=O)CC(C)C(=O)c1cccc(F)c1.Cl. The molecule has 0 fully saturated rings. The highest BCUT2D eigenvalue weighted by Crippen LogP contribution is 2.14. The van der Waals surface area contributed by atoms with Crippen LogP contribution in [0.1, 0.15) is 23.7 Å². The van der Waals surface area contributed by atoms with Crippen molar-refractivity contribution >= 4 is 24.1 Å². The molecule has 0 saturated carbocycles. The number of carbonyl (C=O) groups is 2. The number of rotatable bonds is 7. The summed E-state index contributed by atoms with van der Waals surface area (Å²) >= 11 is 0. The van der Waals surface area contributed by atoms with Gasteiger partial charge in [-0.05, 0) is 19.2 Å². The molecule has 4 nitrogen and oxygen atoms in total. The number of likely N-dealkylation sites (N-methyl/N-ethyl adjacent to an activating group) is 2. The van der Waals surface area contributed by atoms with Gasteiger partial charge in [0, 0.05) is 38.0 Å². The molecule has 0 aliphatic carbocycles. The summed E-state index contributed by atoms with van der Waals surface area (Å²) in [6.07, 6.45) is 0.134. The van der Waals surface area contributed by atoms with Crippen molar-refractivity contribution in [1.82, 2.24) is 10.2 Å². The van der Waals surface area contributed by atoms with Crippen LogP contribution in [0.3, 0.4) is 0 Å². The topological polar surface area (TPSA) is 49.4 Å².